The largest absolute Gasteiger partial charge is 0.390 e. The molecule has 1 N–H and O–H groups in total. The number of nitrogens with one attached hydrogen (secondary N) is 1. The highest BCUT2D eigenvalue weighted by molar-refractivity contribution is 6.31. The number of rotatable bonds is 3. The molecular weight excluding hydrogens is 331 g/mol. The second-order valence-corrected chi connectivity index (χ2v) is 5.14. The molecule has 8 heteroatoms. The second-order valence-electron chi connectivity index (χ2n) is 4.76. The lowest BCUT2D eigenvalue weighted by molar-refractivity contribution is -0.148. The monoisotopic (exact) mass is 346 g/mol. The van der Waals surface area contributed by atoms with Crippen molar-refractivity contribution in [3.63, 3.8) is 0 Å². The fraction of sp³-hybridized carbons (Fsp3) is 0.538. The Hall–Kier alpha value is -0.560. The van der Waals surface area contributed by atoms with E-state index in [4.69, 9.17) is 11.6 Å². The van der Waals surface area contributed by atoms with Crippen molar-refractivity contribution < 1.29 is 17.6 Å². The number of hydrogen-bond donors (Lipinski definition) is 1. The van der Waals surface area contributed by atoms with Crippen LogP contribution in [0.15, 0.2) is 18.2 Å². The van der Waals surface area contributed by atoms with E-state index >= 15 is 0 Å². The molecule has 0 amide bonds. The summed E-state index contributed by atoms with van der Waals surface area (Å²) in [5.41, 5.74) is 0.200. The van der Waals surface area contributed by atoms with E-state index in [9.17, 15) is 17.6 Å². The molecule has 1 aromatic carbocycles. The van der Waals surface area contributed by atoms with Gasteiger partial charge in [0, 0.05) is 32.2 Å². The minimum absolute atomic E-state index is 0. The van der Waals surface area contributed by atoms with Crippen molar-refractivity contribution in [1.82, 2.24) is 10.2 Å². The molecule has 120 valence electrons. The van der Waals surface area contributed by atoms with Crippen molar-refractivity contribution in [2.75, 3.05) is 26.2 Å². The standard InChI is InChI=1S/C13H15ClF4N2.ClH/c14-12-9(2-1-3-10(12)15)11(8-13(16,17)18)20-6-4-19-5-7-20;/h1-3,11,19H,4-8H2;1H/t11-;/m1./s1. The summed E-state index contributed by atoms with van der Waals surface area (Å²) in [5, 5.41) is 2.86. The topological polar surface area (TPSA) is 15.3 Å². The van der Waals surface area contributed by atoms with Gasteiger partial charge in [-0.15, -0.1) is 12.4 Å². The maximum absolute atomic E-state index is 13.5. The smallest absolute Gasteiger partial charge is 0.314 e. The number of hydrogen-bond acceptors (Lipinski definition) is 2. The van der Waals surface area contributed by atoms with E-state index in [0.717, 1.165) is 6.07 Å². The first-order chi connectivity index (χ1) is 9.38. The van der Waals surface area contributed by atoms with Gasteiger partial charge in [0.25, 0.3) is 0 Å². The van der Waals surface area contributed by atoms with Gasteiger partial charge in [-0.25, -0.2) is 4.39 Å². The molecule has 1 heterocycles. The highest BCUT2D eigenvalue weighted by atomic mass is 35.5. The van der Waals surface area contributed by atoms with E-state index in [1.165, 1.54) is 12.1 Å². The van der Waals surface area contributed by atoms with Crippen molar-refractivity contribution in [2.45, 2.75) is 18.6 Å². The molecule has 2 rings (SSSR count). The molecule has 0 radical (unpaired) electrons. The third kappa shape index (κ3) is 4.98. The van der Waals surface area contributed by atoms with Crippen LogP contribution in [0, 0.1) is 5.82 Å². The predicted octanol–water partition coefficient (Wildman–Crippen LogP) is 3.80. The van der Waals surface area contributed by atoms with Gasteiger partial charge in [-0.2, -0.15) is 13.2 Å². The van der Waals surface area contributed by atoms with E-state index in [2.05, 4.69) is 5.32 Å². The Kier molecular flexibility index (Phi) is 6.71. The van der Waals surface area contributed by atoms with Crippen LogP contribution in [0.25, 0.3) is 0 Å². The van der Waals surface area contributed by atoms with Gasteiger partial charge in [-0.1, -0.05) is 23.7 Å². The minimum atomic E-state index is -4.33. The molecule has 1 aromatic rings. The fourth-order valence-corrected chi connectivity index (χ4v) is 2.68. The van der Waals surface area contributed by atoms with Gasteiger partial charge in [0.1, 0.15) is 5.82 Å². The van der Waals surface area contributed by atoms with Crippen molar-refractivity contribution in [3.8, 4) is 0 Å². The van der Waals surface area contributed by atoms with Crippen LogP contribution in [0.2, 0.25) is 5.02 Å². The molecule has 1 atom stereocenters. The molecule has 0 spiro atoms. The molecule has 1 aliphatic rings. The third-order valence-corrected chi connectivity index (χ3v) is 3.76. The van der Waals surface area contributed by atoms with Gasteiger partial charge in [-0.05, 0) is 11.6 Å². The summed E-state index contributed by atoms with van der Waals surface area (Å²) in [6.45, 7) is 2.18. The molecule has 2 nitrogen and oxygen atoms in total. The Morgan fingerprint density at radius 2 is 1.86 bits per heavy atom. The summed E-state index contributed by atoms with van der Waals surface area (Å²) in [4.78, 5) is 1.70. The number of piperazine rings is 1. The van der Waals surface area contributed by atoms with Crippen LogP contribution in [-0.4, -0.2) is 37.3 Å². The Balaban J connectivity index is 0.00000220. The van der Waals surface area contributed by atoms with Gasteiger partial charge in [0.2, 0.25) is 0 Å². The van der Waals surface area contributed by atoms with Crippen molar-refractivity contribution in [3.05, 3.63) is 34.6 Å². The van der Waals surface area contributed by atoms with E-state index in [1.807, 2.05) is 0 Å². The summed E-state index contributed by atoms with van der Waals surface area (Å²) in [7, 11) is 0. The van der Waals surface area contributed by atoms with Crippen molar-refractivity contribution in [1.29, 1.82) is 0 Å². The SMILES string of the molecule is Cl.Fc1cccc([C@@H](CC(F)(F)F)N2CCNCC2)c1Cl. The normalized spacial score (nSPS) is 18.1. The average Bonchev–Trinajstić information content (AvgIpc) is 2.40. The molecule has 0 aromatic heterocycles. The zero-order chi connectivity index (χ0) is 14.8. The first kappa shape index (κ1) is 18.5. The summed E-state index contributed by atoms with van der Waals surface area (Å²) < 4.78 is 51.9. The van der Waals surface area contributed by atoms with Crippen LogP contribution in [0.4, 0.5) is 17.6 Å². The Bertz CT molecular complexity index is 462. The number of nitrogens with zero attached hydrogens (tertiary/aromatic N) is 1. The lowest BCUT2D eigenvalue weighted by Crippen LogP contribution is -2.46. The lowest BCUT2D eigenvalue weighted by atomic mass is 10.0. The first-order valence-electron chi connectivity index (χ1n) is 6.34. The van der Waals surface area contributed by atoms with Gasteiger partial charge < -0.3 is 5.32 Å². The minimum Gasteiger partial charge on any atom is -0.314 e. The summed E-state index contributed by atoms with van der Waals surface area (Å²) in [6.07, 6.45) is -5.36. The van der Waals surface area contributed by atoms with Crippen LogP contribution in [-0.2, 0) is 0 Å². The Morgan fingerprint density at radius 3 is 2.43 bits per heavy atom. The van der Waals surface area contributed by atoms with Crippen LogP contribution in [0.5, 0.6) is 0 Å². The molecular formula is C13H16Cl2F4N2. The lowest BCUT2D eigenvalue weighted by Gasteiger charge is -2.36. The van der Waals surface area contributed by atoms with Gasteiger partial charge in [0.15, 0.2) is 0 Å². The van der Waals surface area contributed by atoms with Gasteiger partial charge in [0.05, 0.1) is 11.4 Å². The number of halogens is 6. The summed E-state index contributed by atoms with van der Waals surface area (Å²) >= 11 is 5.85. The highest BCUT2D eigenvalue weighted by Crippen LogP contribution is 2.37. The third-order valence-electron chi connectivity index (χ3n) is 3.36. The summed E-state index contributed by atoms with van der Waals surface area (Å²) in [5.74, 6) is -0.688. The highest BCUT2D eigenvalue weighted by Gasteiger charge is 2.37. The van der Waals surface area contributed by atoms with Crippen LogP contribution >= 0.6 is 24.0 Å². The average molecular weight is 347 g/mol. The van der Waals surface area contributed by atoms with E-state index in [1.54, 1.807) is 4.90 Å². The Morgan fingerprint density at radius 1 is 1.24 bits per heavy atom. The number of benzene rings is 1. The van der Waals surface area contributed by atoms with Crippen molar-refractivity contribution >= 4 is 24.0 Å². The Labute approximate surface area is 131 Å². The molecule has 21 heavy (non-hydrogen) atoms. The van der Waals surface area contributed by atoms with Crippen LogP contribution in [0.1, 0.15) is 18.0 Å². The zero-order valence-electron chi connectivity index (χ0n) is 11.1. The molecule has 0 saturated carbocycles. The molecule has 0 aliphatic carbocycles. The molecule has 1 saturated heterocycles. The van der Waals surface area contributed by atoms with Crippen LogP contribution < -0.4 is 5.32 Å². The quantitative estimate of drug-likeness (QED) is 0.837. The fourth-order valence-electron chi connectivity index (χ4n) is 2.43. The molecule has 0 bridgehead atoms. The van der Waals surface area contributed by atoms with Gasteiger partial charge in [-0.3, -0.25) is 4.90 Å². The first-order valence-corrected chi connectivity index (χ1v) is 6.72. The maximum atomic E-state index is 13.5. The molecule has 1 fully saturated rings. The summed E-state index contributed by atoms with van der Waals surface area (Å²) in [6, 6.07) is 3.06. The number of alkyl halides is 3. The molecule has 0 unspecified atom stereocenters. The molecule has 1 aliphatic heterocycles. The van der Waals surface area contributed by atoms with Crippen molar-refractivity contribution in [2.24, 2.45) is 0 Å². The van der Waals surface area contributed by atoms with Gasteiger partial charge >= 0.3 is 6.18 Å². The predicted molar refractivity (Wildman–Crippen MR) is 76.5 cm³/mol. The second kappa shape index (κ2) is 7.63. The maximum Gasteiger partial charge on any atom is 0.390 e. The van der Waals surface area contributed by atoms with E-state index < -0.39 is 24.5 Å². The van der Waals surface area contributed by atoms with E-state index in [0.29, 0.717) is 26.2 Å². The van der Waals surface area contributed by atoms with Crippen LogP contribution in [0.3, 0.4) is 0 Å². The zero-order valence-corrected chi connectivity index (χ0v) is 12.7. The van der Waals surface area contributed by atoms with E-state index in [-0.39, 0.29) is 23.0 Å².